The molecule has 172 valence electrons. The van der Waals surface area contributed by atoms with Gasteiger partial charge >= 0.3 is 5.97 Å². The topological polar surface area (TPSA) is 65.1 Å². The summed E-state index contributed by atoms with van der Waals surface area (Å²) < 4.78 is 18.4. The molecule has 0 unspecified atom stereocenters. The standard InChI is InChI=1S/C28H30O5/c1-3-16-7-11-18-20-12-14(2)4-10-19(20)24-23(18)22(16)25(29)28-26(33-28)21(32-27(28)30)13-15-5-8-17(31-24)9-6-15/h3,5-9,11,14,16,18-24,26H,1,4,10,12-13H2,2H3/t14-,16+,18+,19-,20+,21-,22+,23+,24+,26-,28-/m1/s1. The molecule has 5 heteroatoms. The lowest BCUT2D eigenvalue weighted by Gasteiger charge is -2.38. The van der Waals surface area contributed by atoms with E-state index in [-0.39, 0.29) is 35.6 Å². The third-order valence-corrected chi connectivity index (χ3v) is 9.47. The average Bonchev–Trinajstić information content (AvgIpc) is 3.44. The van der Waals surface area contributed by atoms with E-state index in [0.717, 1.165) is 24.2 Å². The van der Waals surface area contributed by atoms with Gasteiger partial charge in [-0.05, 0) is 54.2 Å². The molecule has 1 aromatic carbocycles. The molecule has 4 bridgehead atoms. The van der Waals surface area contributed by atoms with E-state index in [2.05, 4.69) is 25.7 Å². The van der Waals surface area contributed by atoms with Crippen molar-refractivity contribution in [3.63, 3.8) is 0 Å². The zero-order valence-corrected chi connectivity index (χ0v) is 18.9. The van der Waals surface area contributed by atoms with Gasteiger partial charge in [0.15, 0.2) is 5.78 Å². The first-order chi connectivity index (χ1) is 16.0. The molecule has 11 atom stereocenters. The molecule has 7 aliphatic rings. The highest BCUT2D eigenvalue weighted by Gasteiger charge is 2.79. The fraction of sp³-hybridized carbons (Fsp3) is 0.571. The summed E-state index contributed by atoms with van der Waals surface area (Å²) in [6.45, 7) is 6.39. The van der Waals surface area contributed by atoms with Gasteiger partial charge in [-0.1, -0.05) is 43.7 Å². The van der Waals surface area contributed by atoms with Gasteiger partial charge in [0.05, 0.1) is 0 Å². The molecule has 0 amide bonds. The molecule has 0 spiro atoms. The fourth-order valence-electron chi connectivity index (χ4n) is 7.92. The molecule has 2 saturated carbocycles. The van der Waals surface area contributed by atoms with Gasteiger partial charge in [0.1, 0.15) is 24.1 Å². The van der Waals surface area contributed by atoms with Crippen LogP contribution in [0.25, 0.3) is 0 Å². The molecule has 1 aromatic rings. The quantitative estimate of drug-likeness (QED) is 0.283. The number of carbonyl (C=O) groups is 2. The number of rotatable bonds is 1. The maximum atomic E-state index is 14.2. The molecule has 0 aromatic heterocycles. The highest BCUT2D eigenvalue weighted by molar-refractivity contribution is 6.13. The third kappa shape index (κ3) is 2.63. The summed E-state index contributed by atoms with van der Waals surface area (Å²) in [7, 11) is 0. The second-order valence-corrected chi connectivity index (χ2v) is 11.1. The van der Waals surface area contributed by atoms with E-state index in [4.69, 9.17) is 14.2 Å². The van der Waals surface area contributed by atoms with Gasteiger partial charge in [0, 0.05) is 24.2 Å². The van der Waals surface area contributed by atoms with Crippen LogP contribution in [-0.4, -0.2) is 35.7 Å². The first-order valence-electron chi connectivity index (χ1n) is 12.5. The molecule has 8 rings (SSSR count). The van der Waals surface area contributed by atoms with Crippen molar-refractivity contribution in [2.24, 2.45) is 41.4 Å². The number of hydrogen-bond donors (Lipinski definition) is 0. The summed E-state index contributed by atoms with van der Waals surface area (Å²) in [4.78, 5) is 27.3. The predicted molar refractivity (Wildman–Crippen MR) is 120 cm³/mol. The Bertz CT molecular complexity index is 1060. The largest absolute Gasteiger partial charge is 0.490 e. The number of hydrogen-bond acceptors (Lipinski definition) is 5. The Kier molecular flexibility index (Phi) is 4.13. The fourth-order valence-corrected chi connectivity index (χ4v) is 7.92. The van der Waals surface area contributed by atoms with Gasteiger partial charge in [-0.25, -0.2) is 4.79 Å². The SMILES string of the molecule is C=C[C@H]1C=C[C@H]2[C@@H]3C[C@H](C)CC[C@H]3[C@@H]3Oc4ccc(cc4)C[C@H]4OC(=O)[C@@]5(O[C@H]45)C(=O)[C@@H]1[C@H]23. The lowest BCUT2D eigenvalue weighted by Crippen LogP contribution is -2.49. The predicted octanol–water partition coefficient (Wildman–Crippen LogP) is 3.91. The third-order valence-electron chi connectivity index (χ3n) is 9.47. The monoisotopic (exact) mass is 446 g/mol. The molecule has 4 fully saturated rings. The molecule has 0 radical (unpaired) electrons. The lowest BCUT2D eigenvalue weighted by molar-refractivity contribution is -0.158. The van der Waals surface area contributed by atoms with Gasteiger partial charge < -0.3 is 14.2 Å². The van der Waals surface area contributed by atoms with E-state index in [9.17, 15) is 9.59 Å². The summed E-state index contributed by atoms with van der Waals surface area (Å²) in [5.74, 6) is 1.54. The Balaban J connectivity index is 1.39. The molecule has 2 saturated heterocycles. The minimum Gasteiger partial charge on any atom is -0.490 e. The van der Waals surface area contributed by atoms with E-state index >= 15 is 0 Å². The van der Waals surface area contributed by atoms with Crippen molar-refractivity contribution in [2.75, 3.05) is 0 Å². The van der Waals surface area contributed by atoms with E-state index in [1.54, 1.807) is 0 Å². The van der Waals surface area contributed by atoms with Crippen molar-refractivity contribution in [3.8, 4) is 5.75 Å². The van der Waals surface area contributed by atoms with Crippen LogP contribution in [0.15, 0.2) is 49.1 Å². The number of epoxide rings is 1. The summed E-state index contributed by atoms with van der Waals surface area (Å²) in [6.07, 6.45) is 9.34. The van der Waals surface area contributed by atoms with Gasteiger partial charge in [0.25, 0.3) is 5.60 Å². The number of fused-ring (bicyclic) bond motifs is 4. The van der Waals surface area contributed by atoms with Gasteiger partial charge in [-0.15, -0.1) is 6.58 Å². The summed E-state index contributed by atoms with van der Waals surface area (Å²) in [5, 5.41) is 0. The number of Topliss-reactive ketones (excluding diaryl/α,β-unsaturated/α-hetero) is 1. The Morgan fingerprint density at radius 2 is 1.88 bits per heavy atom. The first-order valence-corrected chi connectivity index (χ1v) is 12.5. The minimum absolute atomic E-state index is 0.00250. The normalized spacial score (nSPS) is 48.9. The number of allylic oxidation sites excluding steroid dienone is 3. The Morgan fingerprint density at radius 3 is 2.64 bits per heavy atom. The lowest BCUT2D eigenvalue weighted by atomic mass is 9.65. The van der Waals surface area contributed by atoms with E-state index in [1.807, 2.05) is 30.3 Å². The molecule has 4 heterocycles. The molecule has 3 aliphatic carbocycles. The average molecular weight is 447 g/mol. The van der Waals surface area contributed by atoms with Crippen LogP contribution in [-0.2, 0) is 25.5 Å². The van der Waals surface area contributed by atoms with Crippen LogP contribution in [0.3, 0.4) is 0 Å². The highest BCUT2D eigenvalue weighted by Crippen LogP contribution is 2.60. The zero-order chi connectivity index (χ0) is 22.5. The number of ketones is 1. The summed E-state index contributed by atoms with van der Waals surface area (Å²) in [5.41, 5.74) is -0.389. The number of carbonyl (C=O) groups excluding carboxylic acids is 2. The van der Waals surface area contributed by atoms with Crippen molar-refractivity contribution < 1.29 is 23.8 Å². The number of esters is 1. The molecular formula is C28H30O5. The second kappa shape index (κ2) is 6.82. The molecule has 5 nitrogen and oxygen atoms in total. The van der Waals surface area contributed by atoms with Crippen molar-refractivity contribution in [1.82, 2.24) is 0 Å². The second-order valence-electron chi connectivity index (χ2n) is 11.1. The van der Waals surface area contributed by atoms with Crippen molar-refractivity contribution >= 4 is 11.8 Å². The van der Waals surface area contributed by atoms with Crippen LogP contribution in [0, 0.1) is 41.4 Å². The molecule has 0 N–H and O–H groups in total. The first kappa shape index (κ1) is 20.0. The van der Waals surface area contributed by atoms with Gasteiger partial charge in [-0.3, -0.25) is 4.79 Å². The highest BCUT2D eigenvalue weighted by atomic mass is 16.7. The van der Waals surface area contributed by atoms with Crippen LogP contribution in [0.2, 0.25) is 0 Å². The Morgan fingerprint density at radius 1 is 1.06 bits per heavy atom. The Hall–Kier alpha value is -2.40. The molecular weight excluding hydrogens is 416 g/mol. The van der Waals surface area contributed by atoms with Crippen molar-refractivity contribution in [3.05, 3.63) is 54.6 Å². The minimum atomic E-state index is -1.44. The summed E-state index contributed by atoms with van der Waals surface area (Å²) >= 11 is 0. The maximum Gasteiger partial charge on any atom is 0.349 e. The van der Waals surface area contributed by atoms with Gasteiger partial charge in [-0.2, -0.15) is 0 Å². The van der Waals surface area contributed by atoms with Crippen molar-refractivity contribution in [1.29, 1.82) is 0 Å². The number of benzene rings is 1. The molecule has 4 aliphatic heterocycles. The van der Waals surface area contributed by atoms with Crippen LogP contribution >= 0.6 is 0 Å². The van der Waals surface area contributed by atoms with E-state index < -0.39 is 23.8 Å². The van der Waals surface area contributed by atoms with Crippen LogP contribution in [0.1, 0.15) is 31.7 Å². The summed E-state index contributed by atoms with van der Waals surface area (Å²) in [6, 6.07) is 8.14. The van der Waals surface area contributed by atoms with Crippen LogP contribution in [0.5, 0.6) is 5.75 Å². The Labute approximate surface area is 194 Å². The smallest absolute Gasteiger partial charge is 0.349 e. The molecule has 33 heavy (non-hydrogen) atoms. The maximum absolute atomic E-state index is 14.2. The van der Waals surface area contributed by atoms with E-state index in [1.165, 1.54) is 6.42 Å². The van der Waals surface area contributed by atoms with Gasteiger partial charge in [0.2, 0.25) is 0 Å². The van der Waals surface area contributed by atoms with E-state index in [0.29, 0.717) is 24.2 Å². The van der Waals surface area contributed by atoms with Crippen LogP contribution < -0.4 is 4.74 Å². The number of ether oxygens (including phenoxy) is 3. The van der Waals surface area contributed by atoms with Crippen LogP contribution in [0.4, 0.5) is 0 Å². The van der Waals surface area contributed by atoms with Crippen molar-refractivity contribution in [2.45, 2.75) is 56.5 Å². The zero-order valence-electron chi connectivity index (χ0n) is 18.9.